The molecule has 4 N–H and O–H groups in total. The van der Waals surface area contributed by atoms with E-state index in [1.54, 1.807) is 10.7 Å². The van der Waals surface area contributed by atoms with Crippen molar-refractivity contribution in [3.05, 3.63) is 95.2 Å². The average molecular weight is 515 g/mol. The van der Waals surface area contributed by atoms with Gasteiger partial charge in [-0.1, -0.05) is 18.2 Å². The summed E-state index contributed by atoms with van der Waals surface area (Å²) in [5.74, 6) is -0.609. The fraction of sp³-hybridized carbons (Fsp3) is 0.286. The highest BCUT2D eigenvalue weighted by Crippen LogP contribution is 2.23. The summed E-state index contributed by atoms with van der Waals surface area (Å²) in [5.41, 5.74) is 4.21. The number of carbonyl (C=O) groups excluding carboxylic acids is 1. The number of hydrogen-bond acceptors (Lipinski definition) is 6. The fourth-order valence-corrected chi connectivity index (χ4v) is 4.76. The number of aliphatic hydroxyl groups excluding tert-OH is 1. The molecule has 0 radical (unpaired) electrons. The fourth-order valence-electron chi connectivity index (χ4n) is 4.76. The highest BCUT2D eigenvalue weighted by atomic mass is 16.4. The van der Waals surface area contributed by atoms with Gasteiger partial charge in [0.2, 0.25) is 0 Å². The summed E-state index contributed by atoms with van der Waals surface area (Å²) >= 11 is 0. The average Bonchev–Trinajstić information content (AvgIpc) is 3.61. The van der Waals surface area contributed by atoms with E-state index in [-0.39, 0.29) is 18.6 Å². The second-order valence-corrected chi connectivity index (χ2v) is 9.29. The molecule has 0 saturated carbocycles. The standard InChI is InChI=1S/C28H30N6O4/c35-18-25-23(17-30-34(25)14-10-21-9-8-19-6-4-11-29-27(19)31-21)28(38)32-24(16-26(36)37)20-5-3-7-22(15-20)33-12-1-2-13-33/h1-3,5,7-9,12-13,15,17,24,35H,4,6,10-11,14,16,18H2,(H,29,31)(H,32,38)(H,36,37). The molecule has 0 spiro atoms. The van der Waals surface area contributed by atoms with Crippen LogP contribution < -0.4 is 10.6 Å². The van der Waals surface area contributed by atoms with Gasteiger partial charge in [0.25, 0.3) is 5.91 Å². The lowest BCUT2D eigenvalue weighted by Crippen LogP contribution is -2.31. The number of anilines is 1. The lowest BCUT2D eigenvalue weighted by molar-refractivity contribution is -0.137. The summed E-state index contributed by atoms with van der Waals surface area (Å²) < 4.78 is 3.51. The first-order valence-corrected chi connectivity index (χ1v) is 12.7. The van der Waals surface area contributed by atoms with Crippen molar-refractivity contribution in [1.29, 1.82) is 0 Å². The van der Waals surface area contributed by atoms with E-state index in [1.165, 1.54) is 11.8 Å². The molecule has 1 amide bonds. The van der Waals surface area contributed by atoms with Crippen LogP contribution in [0.2, 0.25) is 0 Å². The first-order chi connectivity index (χ1) is 18.5. The quantitative estimate of drug-likeness (QED) is 0.255. The Morgan fingerprint density at radius 3 is 2.76 bits per heavy atom. The van der Waals surface area contributed by atoms with Gasteiger partial charge in [-0.3, -0.25) is 14.3 Å². The summed E-state index contributed by atoms with van der Waals surface area (Å²) in [4.78, 5) is 29.6. The number of pyridine rings is 1. The Labute approximate surface area is 220 Å². The van der Waals surface area contributed by atoms with E-state index >= 15 is 0 Å². The number of aryl methyl sites for hydroxylation is 3. The van der Waals surface area contributed by atoms with Gasteiger partial charge in [-0.05, 0) is 54.3 Å². The van der Waals surface area contributed by atoms with Crippen LogP contribution in [0.5, 0.6) is 0 Å². The molecule has 0 fully saturated rings. The number of benzene rings is 1. The first-order valence-electron chi connectivity index (χ1n) is 12.7. The van der Waals surface area contributed by atoms with E-state index in [9.17, 15) is 19.8 Å². The van der Waals surface area contributed by atoms with Gasteiger partial charge >= 0.3 is 5.97 Å². The molecule has 1 aliphatic heterocycles. The molecule has 38 heavy (non-hydrogen) atoms. The van der Waals surface area contributed by atoms with Gasteiger partial charge in [-0.15, -0.1) is 0 Å². The first kappa shape index (κ1) is 25.2. The molecule has 0 saturated heterocycles. The maximum Gasteiger partial charge on any atom is 0.305 e. The van der Waals surface area contributed by atoms with E-state index in [1.807, 2.05) is 53.4 Å². The molecule has 1 aromatic carbocycles. The van der Waals surface area contributed by atoms with Gasteiger partial charge in [0, 0.05) is 43.3 Å². The van der Waals surface area contributed by atoms with Crippen molar-refractivity contribution >= 4 is 17.7 Å². The summed E-state index contributed by atoms with van der Waals surface area (Å²) in [6.07, 6.45) is 7.60. The number of carbonyl (C=O) groups is 2. The summed E-state index contributed by atoms with van der Waals surface area (Å²) in [5, 5.41) is 30.1. The zero-order valence-corrected chi connectivity index (χ0v) is 20.9. The second kappa shape index (κ2) is 11.3. The van der Waals surface area contributed by atoms with Gasteiger partial charge in [0.1, 0.15) is 5.82 Å². The Balaban J connectivity index is 1.32. The zero-order valence-electron chi connectivity index (χ0n) is 20.9. The Bertz CT molecular complexity index is 1430. The number of aromatic nitrogens is 4. The molecule has 1 aliphatic rings. The third-order valence-electron chi connectivity index (χ3n) is 6.73. The monoisotopic (exact) mass is 514 g/mol. The molecule has 196 valence electrons. The topological polar surface area (TPSA) is 134 Å². The van der Waals surface area contributed by atoms with Gasteiger partial charge in [-0.25, -0.2) is 4.98 Å². The van der Waals surface area contributed by atoms with Crippen LogP contribution in [-0.2, 0) is 30.8 Å². The zero-order chi connectivity index (χ0) is 26.5. The Morgan fingerprint density at radius 2 is 1.97 bits per heavy atom. The summed E-state index contributed by atoms with van der Waals surface area (Å²) in [6.45, 7) is 0.969. The summed E-state index contributed by atoms with van der Waals surface area (Å²) in [6, 6.07) is 14.5. The number of aliphatic carboxylic acids is 1. The van der Waals surface area contributed by atoms with E-state index in [2.05, 4.69) is 21.8 Å². The highest BCUT2D eigenvalue weighted by molar-refractivity contribution is 5.95. The number of aliphatic hydroxyl groups is 1. The van der Waals surface area contributed by atoms with Crippen LogP contribution in [0.4, 0.5) is 5.82 Å². The molecule has 4 heterocycles. The predicted octanol–water partition coefficient (Wildman–Crippen LogP) is 3.11. The minimum absolute atomic E-state index is 0.213. The molecule has 0 aliphatic carbocycles. The number of carboxylic acid groups (broad SMARTS) is 1. The predicted molar refractivity (Wildman–Crippen MR) is 141 cm³/mol. The molecule has 1 atom stereocenters. The van der Waals surface area contributed by atoms with Gasteiger partial charge < -0.3 is 25.4 Å². The van der Waals surface area contributed by atoms with E-state index < -0.39 is 17.9 Å². The lowest BCUT2D eigenvalue weighted by Gasteiger charge is -2.19. The Morgan fingerprint density at radius 1 is 1.13 bits per heavy atom. The third-order valence-corrected chi connectivity index (χ3v) is 6.73. The molecular formula is C28H30N6O4. The Kier molecular flexibility index (Phi) is 7.50. The SMILES string of the molecule is O=C(O)CC(NC(=O)c1cnn(CCc2ccc3c(n2)NCCC3)c1CO)c1cccc(-n2cccc2)c1. The van der Waals surface area contributed by atoms with Crippen LogP contribution in [-0.4, -0.2) is 48.0 Å². The molecule has 10 heteroatoms. The molecule has 10 nitrogen and oxygen atoms in total. The third kappa shape index (κ3) is 5.60. The summed E-state index contributed by atoms with van der Waals surface area (Å²) in [7, 11) is 0. The molecule has 1 unspecified atom stereocenters. The number of rotatable bonds is 10. The number of nitrogens with one attached hydrogen (secondary N) is 2. The number of nitrogens with zero attached hydrogens (tertiary/aromatic N) is 4. The lowest BCUT2D eigenvalue weighted by atomic mass is 10.0. The minimum Gasteiger partial charge on any atom is -0.481 e. The second-order valence-electron chi connectivity index (χ2n) is 9.29. The maximum atomic E-state index is 13.3. The van der Waals surface area contributed by atoms with E-state index in [0.29, 0.717) is 24.2 Å². The maximum absolute atomic E-state index is 13.3. The smallest absolute Gasteiger partial charge is 0.305 e. The van der Waals surface area contributed by atoms with Crippen LogP contribution in [0.15, 0.2) is 67.1 Å². The van der Waals surface area contributed by atoms with Gasteiger partial charge in [0.05, 0.1) is 36.5 Å². The van der Waals surface area contributed by atoms with E-state index in [4.69, 9.17) is 4.98 Å². The van der Waals surface area contributed by atoms with Crippen molar-refractivity contribution in [1.82, 2.24) is 24.6 Å². The van der Waals surface area contributed by atoms with Crippen molar-refractivity contribution in [3.8, 4) is 5.69 Å². The van der Waals surface area contributed by atoms with Crippen molar-refractivity contribution in [2.45, 2.75) is 44.9 Å². The van der Waals surface area contributed by atoms with Crippen molar-refractivity contribution < 1.29 is 19.8 Å². The molecule has 0 bridgehead atoms. The van der Waals surface area contributed by atoms with Crippen LogP contribution in [0.1, 0.15) is 51.8 Å². The minimum atomic E-state index is -1.04. The van der Waals surface area contributed by atoms with Crippen molar-refractivity contribution in [2.24, 2.45) is 0 Å². The largest absolute Gasteiger partial charge is 0.481 e. The van der Waals surface area contributed by atoms with Crippen molar-refractivity contribution in [3.63, 3.8) is 0 Å². The molecule has 5 rings (SSSR count). The van der Waals surface area contributed by atoms with Gasteiger partial charge in [-0.2, -0.15) is 5.10 Å². The number of hydrogen-bond donors (Lipinski definition) is 4. The van der Waals surface area contributed by atoms with Crippen LogP contribution in [0, 0.1) is 0 Å². The Hall–Kier alpha value is -4.44. The van der Waals surface area contributed by atoms with Gasteiger partial charge in [0.15, 0.2) is 0 Å². The van der Waals surface area contributed by atoms with Crippen molar-refractivity contribution in [2.75, 3.05) is 11.9 Å². The number of fused-ring (bicyclic) bond motifs is 1. The number of carboxylic acids is 1. The molecule has 4 aromatic rings. The van der Waals surface area contributed by atoms with E-state index in [0.717, 1.165) is 36.6 Å². The van der Waals surface area contributed by atoms with Crippen LogP contribution >= 0.6 is 0 Å². The molecular weight excluding hydrogens is 484 g/mol. The van der Waals surface area contributed by atoms with Crippen LogP contribution in [0.3, 0.4) is 0 Å². The molecule has 3 aromatic heterocycles. The van der Waals surface area contributed by atoms with Crippen LogP contribution in [0.25, 0.3) is 5.69 Å². The number of amides is 1. The normalized spacial score (nSPS) is 13.4. The highest BCUT2D eigenvalue weighted by Gasteiger charge is 2.23.